The summed E-state index contributed by atoms with van der Waals surface area (Å²) in [6.07, 6.45) is 3.35. The molecular weight excluding hydrogens is 524 g/mol. The number of amides is 3. The number of benzene rings is 4. The highest BCUT2D eigenvalue weighted by atomic mass is 16.5. The van der Waals surface area contributed by atoms with Crippen molar-refractivity contribution >= 4 is 39.3 Å². The van der Waals surface area contributed by atoms with Gasteiger partial charge in [-0.3, -0.25) is 4.79 Å². The fourth-order valence-corrected chi connectivity index (χ4v) is 5.24. The van der Waals surface area contributed by atoms with Crippen LogP contribution in [-0.2, 0) is 22.5 Å². The van der Waals surface area contributed by atoms with Crippen molar-refractivity contribution in [1.82, 2.24) is 14.8 Å². The van der Waals surface area contributed by atoms with Gasteiger partial charge in [-0.2, -0.15) is 0 Å². The summed E-state index contributed by atoms with van der Waals surface area (Å²) in [5.41, 5.74) is 5.19. The minimum atomic E-state index is -0.303. The number of hydrogen-bond acceptors (Lipinski definition) is 3. The third kappa shape index (κ3) is 7.17. The third-order valence-electron chi connectivity index (χ3n) is 7.59. The average molecular weight is 563 g/mol. The highest BCUT2D eigenvalue weighted by Crippen LogP contribution is 2.24. The number of methoxy groups -OCH3 is 1. The first-order valence-electron chi connectivity index (χ1n) is 14.4. The molecule has 0 aliphatic heterocycles. The molecule has 0 saturated heterocycles. The number of fused-ring (bicyclic) bond motifs is 2. The molecule has 1 aromatic heterocycles. The molecule has 5 aromatic rings. The van der Waals surface area contributed by atoms with E-state index in [0.717, 1.165) is 38.5 Å². The molecule has 0 saturated carbocycles. The Morgan fingerprint density at radius 1 is 0.833 bits per heavy atom. The number of hydrogen-bond donors (Lipinski definition) is 2. The van der Waals surface area contributed by atoms with Gasteiger partial charge in [0.05, 0.1) is 5.69 Å². The molecule has 7 nitrogen and oxygen atoms in total. The molecule has 42 heavy (non-hydrogen) atoms. The predicted molar refractivity (Wildman–Crippen MR) is 170 cm³/mol. The van der Waals surface area contributed by atoms with Gasteiger partial charge < -0.3 is 24.8 Å². The minimum absolute atomic E-state index is 0.0277. The van der Waals surface area contributed by atoms with E-state index >= 15 is 0 Å². The van der Waals surface area contributed by atoms with E-state index in [0.29, 0.717) is 39.1 Å². The molecule has 0 fully saturated rings. The zero-order valence-corrected chi connectivity index (χ0v) is 24.3. The Hall–Kier alpha value is -4.62. The average Bonchev–Trinajstić information content (AvgIpc) is 3.43. The summed E-state index contributed by atoms with van der Waals surface area (Å²) in [4.78, 5) is 34.3. The van der Waals surface area contributed by atoms with E-state index in [-0.39, 0.29) is 18.5 Å². The van der Waals surface area contributed by atoms with Crippen LogP contribution >= 0.6 is 0 Å². The van der Waals surface area contributed by atoms with Gasteiger partial charge in [0.1, 0.15) is 6.54 Å². The zero-order chi connectivity index (χ0) is 29.3. The monoisotopic (exact) mass is 562 g/mol. The van der Waals surface area contributed by atoms with Crippen molar-refractivity contribution in [2.45, 2.75) is 26.3 Å². The number of urea groups is 1. The van der Waals surface area contributed by atoms with Gasteiger partial charge in [0, 0.05) is 55.8 Å². The summed E-state index contributed by atoms with van der Waals surface area (Å²) in [5.74, 6) is -0.0964. The Labute approximate surface area is 247 Å². The Kier molecular flexibility index (Phi) is 9.51. The SMILES string of the molecule is COCCCN(CC(=O)N(CCc1c[nH]c2ccccc12)Cc1ccc(C)cc1)C(=O)Nc1cccc2ccccc12. The van der Waals surface area contributed by atoms with E-state index in [2.05, 4.69) is 53.6 Å². The normalized spacial score (nSPS) is 11.1. The molecule has 0 unspecified atom stereocenters. The van der Waals surface area contributed by atoms with Crippen LogP contribution in [0, 0.1) is 6.92 Å². The number of H-pyrrole nitrogens is 1. The molecule has 0 aliphatic carbocycles. The summed E-state index contributed by atoms with van der Waals surface area (Å²) in [7, 11) is 1.64. The second kappa shape index (κ2) is 13.8. The first-order chi connectivity index (χ1) is 20.5. The summed E-state index contributed by atoms with van der Waals surface area (Å²) < 4.78 is 5.25. The quantitative estimate of drug-likeness (QED) is 0.165. The van der Waals surface area contributed by atoms with Crippen LogP contribution in [0.15, 0.2) is 97.2 Å². The summed E-state index contributed by atoms with van der Waals surface area (Å²) in [6.45, 7) is 3.93. The number of nitrogens with one attached hydrogen (secondary N) is 2. The highest BCUT2D eigenvalue weighted by molar-refractivity contribution is 6.02. The molecule has 3 amide bonds. The smallest absolute Gasteiger partial charge is 0.322 e. The number of aromatic amines is 1. The van der Waals surface area contributed by atoms with Crippen LogP contribution in [0.25, 0.3) is 21.7 Å². The third-order valence-corrected chi connectivity index (χ3v) is 7.59. The standard InChI is InChI=1S/C35H38N4O3/c1-26-15-17-27(18-16-26)24-38(21-19-29-23-36-32-13-6-5-12-31(29)32)34(40)25-39(20-8-22-42-2)35(41)37-33-14-7-10-28-9-3-4-11-30(28)33/h3-7,9-18,23,36H,8,19-22,24-25H2,1-2H3,(H,37,41). The van der Waals surface area contributed by atoms with Gasteiger partial charge in [-0.15, -0.1) is 0 Å². The molecule has 2 N–H and O–H groups in total. The molecule has 5 rings (SSSR count). The number of nitrogens with zero attached hydrogens (tertiary/aromatic N) is 2. The van der Waals surface area contributed by atoms with Crippen LogP contribution in [0.3, 0.4) is 0 Å². The molecule has 0 aliphatic rings. The minimum Gasteiger partial charge on any atom is -0.385 e. The Bertz CT molecular complexity index is 1640. The van der Waals surface area contributed by atoms with Crippen molar-refractivity contribution in [3.05, 3.63) is 114 Å². The lowest BCUT2D eigenvalue weighted by Crippen LogP contribution is -2.45. The fraction of sp³-hybridized carbons (Fsp3) is 0.257. The van der Waals surface area contributed by atoms with Crippen LogP contribution < -0.4 is 5.32 Å². The molecule has 0 bridgehead atoms. The van der Waals surface area contributed by atoms with Crippen molar-refractivity contribution in [2.24, 2.45) is 0 Å². The first-order valence-corrected chi connectivity index (χ1v) is 14.4. The Morgan fingerprint density at radius 3 is 2.38 bits per heavy atom. The maximum atomic E-state index is 13.9. The number of para-hydroxylation sites is 1. The van der Waals surface area contributed by atoms with Crippen molar-refractivity contribution in [3.63, 3.8) is 0 Å². The van der Waals surface area contributed by atoms with E-state index in [1.807, 2.05) is 65.7 Å². The van der Waals surface area contributed by atoms with Crippen molar-refractivity contribution in [1.29, 1.82) is 0 Å². The summed E-state index contributed by atoms with van der Waals surface area (Å²) in [6, 6.07) is 29.9. The highest BCUT2D eigenvalue weighted by Gasteiger charge is 2.22. The topological polar surface area (TPSA) is 77.7 Å². The molecule has 216 valence electrons. The zero-order valence-electron chi connectivity index (χ0n) is 24.3. The van der Waals surface area contributed by atoms with Crippen LogP contribution in [0.1, 0.15) is 23.1 Å². The van der Waals surface area contributed by atoms with Crippen LogP contribution in [-0.4, -0.2) is 60.1 Å². The van der Waals surface area contributed by atoms with Gasteiger partial charge in [0.15, 0.2) is 0 Å². The number of carbonyl (C=O) groups excluding carboxylic acids is 2. The molecule has 0 spiro atoms. The summed E-state index contributed by atoms with van der Waals surface area (Å²) in [5, 5.41) is 6.22. The Balaban J connectivity index is 1.35. The van der Waals surface area contributed by atoms with Crippen LogP contribution in [0.2, 0.25) is 0 Å². The van der Waals surface area contributed by atoms with Gasteiger partial charge >= 0.3 is 6.03 Å². The number of ether oxygens (including phenoxy) is 1. The lowest BCUT2D eigenvalue weighted by molar-refractivity contribution is -0.132. The molecule has 0 atom stereocenters. The van der Waals surface area contributed by atoms with Crippen LogP contribution in [0.5, 0.6) is 0 Å². The molecule has 0 radical (unpaired) electrons. The number of rotatable bonds is 12. The second-order valence-electron chi connectivity index (χ2n) is 10.6. The maximum absolute atomic E-state index is 13.9. The lowest BCUT2D eigenvalue weighted by Gasteiger charge is -2.28. The number of carbonyl (C=O) groups is 2. The lowest BCUT2D eigenvalue weighted by atomic mass is 10.1. The van der Waals surface area contributed by atoms with E-state index < -0.39 is 0 Å². The molecular formula is C35H38N4O3. The van der Waals surface area contributed by atoms with E-state index in [9.17, 15) is 9.59 Å². The molecule has 4 aromatic carbocycles. The van der Waals surface area contributed by atoms with Gasteiger partial charge in [-0.1, -0.05) is 84.4 Å². The van der Waals surface area contributed by atoms with Gasteiger partial charge in [-0.05, 0) is 48.4 Å². The molecule has 7 heteroatoms. The predicted octanol–water partition coefficient (Wildman–Crippen LogP) is 6.77. The Morgan fingerprint density at radius 2 is 1.57 bits per heavy atom. The van der Waals surface area contributed by atoms with Crippen molar-refractivity contribution in [3.8, 4) is 0 Å². The second-order valence-corrected chi connectivity index (χ2v) is 10.6. The van der Waals surface area contributed by atoms with Crippen molar-refractivity contribution < 1.29 is 14.3 Å². The number of aryl methyl sites for hydroxylation is 1. The van der Waals surface area contributed by atoms with E-state index in [4.69, 9.17) is 4.74 Å². The van der Waals surface area contributed by atoms with E-state index in [1.54, 1.807) is 12.0 Å². The van der Waals surface area contributed by atoms with Gasteiger partial charge in [0.25, 0.3) is 0 Å². The maximum Gasteiger partial charge on any atom is 0.322 e. The van der Waals surface area contributed by atoms with Gasteiger partial charge in [0.2, 0.25) is 5.91 Å². The van der Waals surface area contributed by atoms with Crippen LogP contribution in [0.4, 0.5) is 10.5 Å². The van der Waals surface area contributed by atoms with Gasteiger partial charge in [-0.25, -0.2) is 4.79 Å². The fourth-order valence-electron chi connectivity index (χ4n) is 5.24. The number of anilines is 1. The largest absolute Gasteiger partial charge is 0.385 e. The molecule has 1 heterocycles. The summed E-state index contributed by atoms with van der Waals surface area (Å²) >= 11 is 0. The first kappa shape index (κ1) is 28.9. The van der Waals surface area contributed by atoms with Crippen molar-refractivity contribution in [2.75, 3.05) is 38.7 Å². The van der Waals surface area contributed by atoms with E-state index in [1.165, 1.54) is 5.56 Å². The number of aromatic nitrogens is 1.